The zero-order chi connectivity index (χ0) is 22.5. The minimum absolute atomic E-state index is 0.0818. The molecule has 31 heavy (non-hydrogen) atoms. The number of ether oxygens (including phenoxy) is 1. The first-order valence-electron chi connectivity index (χ1n) is 8.56. The second kappa shape index (κ2) is 9.73. The SMILES string of the molecule is COc1ccc(C/C(=N\Nc2nc(-c3ccc(Cl)c(Cl)c3)cs2)C(=O)O)cc1[N+](=O)[O-]. The molecule has 0 saturated heterocycles. The minimum atomic E-state index is -1.27. The number of carboxylic acid groups (broad SMARTS) is 1. The predicted molar refractivity (Wildman–Crippen MR) is 120 cm³/mol. The molecule has 0 aliphatic heterocycles. The summed E-state index contributed by atoms with van der Waals surface area (Å²) in [5, 5.41) is 27.5. The molecule has 0 fully saturated rings. The molecule has 12 heteroatoms. The summed E-state index contributed by atoms with van der Waals surface area (Å²) in [7, 11) is 1.32. The highest BCUT2D eigenvalue weighted by atomic mass is 35.5. The van der Waals surface area contributed by atoms with Crippen LogP contribution < -0.4 is 10.2 Å². The quantitative estimate of drug-likeness (QED) is 0.259. The maximum atomic E-state index is 11.6. The number of carbonyl (C=O) groups is 1. The summed E-state index contributed by atoms with van der Waals surface area (Å²) >= 11 is 13.2. The molecule has 0 saturated carbocycles. The average Bonchev–Trinajstić information content (AvgIpc) is 3.21. The van der Waals surface area contributed by atoms with Crippen molar-refractivity contribution in [2.24, 2.45) is 5.10 Å². The first-order chi connectivity index (χ1) is 14.8. The van der Waals surface area contributed by atoms with E-state index in [1.807, 2.05) is 0 Å². The molecule has 2 N–H and O–H groups in total. The Hall–Kier alpha value is -3.21. The van der Waals surface area contributed by atoms with Crippen LogP contribution in [0.2, 0.25) is 10.0 Å². The lowest BCUT2D eigenvalue weighted by Gasteiger charge is -2.05. The van der Waals surface area contributed by atoms with Gasteiger partial charge in [0.15, 0.2) is 5.75 Å². The standard InChI is InChI=1S/C19H14Cl2N4O5S/c1-30-17-5-2-10(7-16(17)25(28)29)6-14(18(26)27)23-24-19-22-15(9-31-19)11-3-4-12(20)13(21)8-11/h2-5,7-9H,6H2,1H3,(H,22,24)(H,26,27)/b23-14+. The average molecular weight is 481 g/mol. The molecular weight excluding hydrogens is 467 g/mol. The molecule has 0 radical (unpaired) electrons. The largest absolute Gasteiger partial charge is 0.490 e. The number of nitro benzene ring substituents is 1. The van der Waals surface area contributed by atoms with Gasteiger partial charge in [-0.25, -0.2) is 9.78 Å². The smallest absolute Gasteiger partial charge is 0.352 e. The van der Waals surface area contributed by atoms with Gasteiger partial charge in [-0.3, -0.25) is 15.5 Å². The fraction of sp³-hybridized carbons (Fsp3) is 0.105. The van der Waals surface area contributed by atoms with E-state index in [-0.39, 0.29) is 23.6 Å². The van der Waals surface area contributed by atoms with Crippen molar-refractivity contribution < 1.29 is 19.6 Å². The summed E-state index contributed by atoms with van der Waals surface area (Å²) < 4.78 is 4.95. The Balaban J connectivity index is 1.79. The van der Waals surface area contributed by atoms with Crippen LogP contribution in [0.3, 0.4) is 0 Å². The van der Waals surface area contributed by atoms with E-state index in [0.29, 0.717) is 26.4 Å². The molecule has 0 amide bonds. The Bertz CT molecular complexity index is 1180. The van der Waals surface area contributed by atoms with Crippen LogP contribution in [0.15, 0.2) is 46.9 Å². The first-order valence-corrected chi connectivity index (χ1v) is 10.2. The van der Waals surface area contributed by atoms with Gasteiger partial charge in [0.2, 0.25) is 5.13 Å². The lowest BCUT2D eigenvalue weighted by molar-refractivity contribution is -0.385. The molecule has 160 valence electrons. The van der Waals surface area contributed by atoms with Crippen molar-refractivity contribution in [1.29, 1.82) is 0 Å². The van der Waals surface area contributed by atoms with Crippen molar-refractivity contribution in [1.82, 2.24) is 4.98 Å². The van der Waals surface area contributed by atoms with Crippen LogP contribution >= 0.6 is 34.5 Å². The van der Waals surface area contributed by atoms with E-state index < -0.39 is 10.9 Å². The number of thiazole rings is 1. The van der Waals surface area contributed by atoms with E-state index in [1.165, 1.54) is 36.6 Å². The topological polar surface area (TPSA) is 127 Å². The number of hydrazone groups is 1. The van der Waals surface area contributed by atoms with Crippen molar-refractivity contribution in [3.63, 3.8) is 0 Å². The number of nitrogens with zero attached hydrogens (tertiary/aromatic N) is 3. The molecule has 1 heterocycles. The predicted octanol–water partition coefficient (Wildman–Crippen LogP) is 5.13. The molecule has 0 aliphatic rings. The summed E-state index contributed by atoms with van der Waals surface area (Å²) in [5.74, 6) is -1.19. The van der Waals surface area contributed by atoms with Crippen molar-refractivity contribution >= 4 is 57.0 Å². The van der Waals surface area contributed by atoms with Gasteiger partial charge in [-0.2, -0.15) is 5.10 Å². The molecule has 3 rings (SSSR count). The number of nitrogens with one attached hydrogen (secondary N) is 1. The minimum Gasteiger partial charge on any atom is -0.490 e. The molecular formula is C19H14Cl2N4O5S. The van der Waals surface area contributed by atoms with Gasteiger partial charge in [0.1, 0.15) is 5.71 Å². The maximum absolute atomic E-state index is 11.6. The number of anilines is 1. The van der Waals surface area contributed by atoms with Gasteiger partial charge in [0.25, 0.3) is 0 Å². The molecule has 9 nitrogen and oxygen atoms in total. The highest BCUT2D eigenvalue weighted by Crippen LogP contribution is 2.31. The Kier molecular flexibility index (Phi) is 7.06. The summed E-state index contributed by atoms with van der Waals surface area (Å²) in [4.78, 5) is 26.5. The van der Waals surface area contributed by atoms with Crippen molar-refractivity contribution in [3.05, 3.63) is 67.5 Å². The van der Waals surface area contributed by atoms with E-state index in [1.54, 1.807) is 23.6 Å². The number of halogens is 2. The van der Waals surface area contributed by atoms with Crippen LogP contribution in [-0.4, -0.2) is 33.8 Å². The number of nitro groups is 1. The van der Waals surface area contributed by atoms with Gasteiger partial charge in [0, 0.05) is 23.4 Å². The Labute approximate surface area is 190 Å². The van der Waals surface area contributed by atoms with Crippen molar-refractivity contribution in [3.8, 4) is 17.0 Å². The number of aromatic nitrogens is 1. The van der Waals surface area contributed by atoms with E-state index in [9.17, 15) is 20.0 Å². The number of hydrogen-bond donors (Lipinski definition) is 2. The third-order valence-corrected chi connectivity index (χ3v) is 5.55. The molecule has 2 aromatic carbocycles. The number of carboxylic acids is 1. The van der Waals surface area contributed by atoms with Crippen LogP contribution in [0.5, 0.6) is 5.75 Å². The summed E-state index contributed by atoms with van der Waals surface area (Å²) in [5.41, 5.74) is 3.87. The third-order valence-electron chi connectivity index (χ3n) is 4.06. The van der Waals surface area contributed by atoms with Gasteiger partial charge < -0.3 is 9.84 Å². The molecule has 3 aromatic rings. The zero-order valence-corrected chi connectivity index (χ0v) is 18.2. The Morgan fingerprint density at radius 1 is 1.29 bits per heavy atom. The van der Waals surface area contributed by atoms with Gasteiger partial charge in [0.05, 0.1) is 27.8 Å². The number of aliphatic carboxylic acids is 1. The van der Waals surface area contributed by atoms with Gasteiger partial charge in [-0.15, -0.1) is 11.3 Å². The molecule has 0 bridgehead atoms. The fourth-order valence-corrected chi connectivity index (χ4v) is 3.53. The molecule has 0 aliphatic carbocycles. The number of methoxy groups -OCH3 is 1. The monoisotopic (exact) mass is 480 g/mol. The molecule has 0 atom stereocenters. The van der Waals surface area contributed by atoms with Gasteiger partial charge in [-0.1, -0.05) is 35.3 Å². The van der Waals surface area contributed by atoms with Crippen molar-refractivity contribution in [2.45, 2.75) is 6.42 Å². The summed E-state index contributed by atoms with van der Waals surface area (Å²) in [6, 6.07) is 9.28. The second-order valence-corrected chi connectivity index (χ2v) is 7.75. The number of hydrogen-bond acceptors (Lipinski definition) is 8. The zero-order valence-electron chi connectivity index (χ0n) is 15.8. The molecule has 1 aromatic heterocycles. The number of benzene rings is 2. The van der Waals surface area contributed by atoms with Crippen molar-refractivity contribution in [2.75, 3.05) is 12.5 Å². The van der Waals surface area contributed by atoms with E-state index >= 15 is 0 Å². The highest BCUT2D eigenvalue weighted by Gasteiger charge is 2.18. The van der Waals surface area contributed by atoms with Crippen LogP contribution in [-0.2, 0) is 11.2 Å². The third kappa shape index (κ3) is 5.48. The van der Waals surface area contributed by atoms with Crippen LogP contribution in [0.4, 0.5) is 10.8 Å². The fourth-order valence-electron chi connectivity index (χ4n) is 2.57. The van der Waals surface area contributed by atoms with Crippen LogP contribution in [0.1, 0.15) is 5.56 Å². The van der Waals surface area contributed by atoms with E-state index in [2.05, 4.69) is 15.5 Å². The van der Waals surface area contributed by atoms with Gasteiger partial charge in [-0.05, 0) is 23.8 Å². The van der Waals surface area contributed by atoms with E-state index in [0.717, 1.165) is 5.56 Å². The lowest BCUT2D eigenvalue weighted by Crippen LogP contribution is -2.18. The Morgan fingerprint density at radius 2 is 2.06 bits per heavy atom. The van der Waals surface area contributed by atoms with Crippen LogP contribution in [0, 0.1) is 10.1 Å². The highest BCUT2D eigenvalue weighted by molar-refractivity contribution is 7.14. The maximum Gasteiger partial charge on any atom is 0.352 e. The first kappa shape index (κ1) is 22.5. The molecule has 0 spiro atoms. The van der Waals surface area contributed by atoms with E-state index in [4.69, 9.17) is 27.9 Å². The summed E-state index contributed by atoms with van der Waals surface area (Å²) in [6.07, 6.45) is -0.141. The number of rotatable bonds is 8. The second-order valence-electron chi connectivity index (χ2n) is 6.08. The Morgan fingerprint density at radius 3 is 2.71 bits per heavy atom. The normalized spacial score (nSPS) is 11.3. The molecule has 0 unspecified atom stereocenters. The lowest BCUT2D eigenvalue weighted by atomic mass is 10.1. The van der Waals surface area contributed by atoms with Gasteiger partial charge >= 0.3 is 11.7 Å². The van der Waals surface area contributed by atoms with Crippen LogP contribution in [0.25, 0.3) is 11.3 Å². The summed E-state index contributed by atoms with van der Waals surface area (Å²) in [6.45, 7) is 0.